The van der Waals surface area contributed by atoms with E-state index in [2.05, 4.69) is 48.4 Å². The summed E-state index contributed by atoms with van der Waals surface area (Å²) in [5, 5.41) is 5.85. The van der Waals surface area contributed by atoms with Crippen molar-refractivity contribution in [2.24, 2.45) is 0 Å². The molecule has 0 atom stereocenters. The van der Waals surface area contributed by atoms with Crippen molar-refractivity contribution in [1.82, 2.24) is 0 Å². The smallest absolute Gasteiger partial charge is 0.323 e. The molecule has 0 heterocycles. The Bertz CT molecular complexity index is 680. The average Bonchev–Trinajstić information content (AvgIpc) is 2.53. The van der Waals surface area contributed by atoms with Crippen molar-refractivity contribution in [3.05, 3.63) is 53.1 Å². The third kappa shape index (κ3) is 4.28. The summed E-state index contributed by atoms with van der Waals surface area (Å²) in [6.45, 7) is 12.3. The van der Waals surface area contributed by atoms with Crippen LogP contribution in [0.5, 0.6) is 0 Å². The Morgan fingerprint density at radius 1 is 0.917 bits per heavy atom. The molecule has 2 aromatic rings. The number of anilines is 3. The molecule has 128 valence electrons. The van der Waals surface area contributed by atoms with Gasteiger partial charge in [-0.05, 0) is 70.0 Å². The first kappa shape index (κ1) is 17.9. The van der Waals surface area contributed by atoms with Gasteiger partial charge >= 0.3 is 6.03 Å². The molecule has 2 rings (SSSR count). The first-order valence-electron chi connectivity index (χ1n) is 8.45. The fraction of sp³-hybridized carbons (Fsp3) is 0.350. The van der Waals surface area contributed by atoms with Crippen molar-refractivity contribution in [2.75, 3.05) is 28.6 Å². The van der Waals surface area contributed by atoms with Gasteiger partial charge in [0.15, 0.2) is 0 Å². The fourth-order valence-corrected chi connectivity index (χ4v) is 3.00. The highest BCUT2D eigenvalue weighted by Crippen LogP contribution is 2.22. The Morgan fingerprint density at radius 3 is 1.96 bits per heavy atom. The van der Waals surface area contributed by atoms with Crippen LogP contribution in [0.3, 0.4) is 0 Å². The van der Waals surface area contributed by atoms with Gasteiger partial charge in [-0.1, -0.05) is 17.7 Å². The quantitative estimate of drug-likeness (QED) is 0.803. The number of aryl methyl sites for hydroxylation is 3. The molecule has 0 radical (unpaired) electrons. The molecule has 2 aromatic carbocycles. The second-order valence-electron chi connectivity index (χ2n) is 6.07. The van der Waals surface area contributed by atoms with E-state index in [1.165, 1.54) is 5.56 Å². The first-order valence-corrected chi connectivity index (χ1v) is 8.45. The monoisotopic (exact) mass is 325 g/mol. The zero-order valence-corrected chi connectivity index (χ0v) is 15.2. The summed E-state index contributed by atoms with van der Waals surface area (Å²) in [5.41, 5.74) is 6.15. The van der Waals surface area contributed by atoms with E-state index in [0.29, 0.717) is 0 Å². The topological polar surface area (TPSA) is 44.4 Å². The van der Waals surface area contributed by atoms with Crippen LogP contribution in [0.4, 0.5) is 21.9 Å². The molecule has 4 heteroatoms. The molecule has 0 bridgehead atoms. The first-order chi connectivity index (χ1) is 11.4. The largest absolute Gasteiger partial charge is 0.372 e. The van der Waals surface area contributed by atoms with Crippen molar-refractivity contribution in [1.29, 1.82) is 0 Å². The maximum Gasteiger partial charge on any atom is 0.323 e. The van der Waals surface area contributed by atoms with Gasteiger partial charge in [-0.3, -0.25) is 0 Å². The normalized spacial score (nSPS) is 10.4. The third-order valence-electron chi connectivity index (χ3n) is 4.17. The maximum absolute atomic E-state index is 12.3. The number of hydrogen-bond acceptors (Lipinski definition) is 2. The summed E-state index contributed by atoms with van der Waals surface area (Å²) in [7, 11) is 0. The molecule has 0 aliphatic rings. The third-order valence-corrected chi connectivity index (χ3v) is 4.17. The molecule has 24 heavy (non-hydrogen) atoms. The van der Waals surface area contributed by atoms with Gasteiger partial charge in [0.2, 0.25) is 0 Å². The van der Waals surface area contributed by atoms with E-state index < -0.39 is 0 Å². The highest BCUT2D eigenvalue weighted by atomic mass is 16.2. The Labute approximate surface area is 144 Å². The summed E-state index contributed by atoms with van der Waals surface area (Å²) in [5.74, 6) is 0. The van der Waals surface area contributed by atoms with Gasteiger partial charge in [-0.2, -0.15) is 0 Å². The number of hydrogen-bond donors (Lipinski definition) is 2. The standard InChI is InChI=1S/C20H27N3O/c1-6-23(7-2)18-10-8-17(9-11-18)21-20(24)22-19-15(4)12-14(3)13-16(19)5/h8-13H,6-7H2,1-5H3,(H2,21,22,24). The van der Waals surface area contributed by atoms with Gasteiger partial charge in [-0.25, -0.2) is 4.79 Å². The van der Waals surface area contributed by atoms with Crippen LogP contribution in [0, 0.1) is 20.8 Å². The molecule has 0 saturated carbocycles. The molecule has 2 N–H and O–H groups in total. The Kier molecular flexibility index (Phi) is 5.85. The molecule has 2 amide bonds. The van der Waals surface area contributed by atoms with Crippen molar-refractivity contribution < 1.29 is 4.79 Å². The molecule has 0 aromatic heterocycles. The van der Waals surface area contributed by atoms with Crippen LogP contribution in [0.1, 0.15) is 30.5 Å². The van der Waals surface area contributed by atoms with Crippen molar-refractivity contribution in [3.63, 3.8) is 0 Å². The maximum atomic E-state index is 12.3. The number of carbonyl (C=O) groups excluding carboxylic acids is 1. The summed E-state index contributed by atoms with van der Waals surface area (Å²) in [6, 6.07) is 11.9. The van der Waals surface area contributed by atoms with Crippen molar-refractivity contribution in [2.45, 2.75) is 34.6 Å². The van der Waals surface area contributed by atoms with E-state index in [0.717, 1.165) is 41.3 Å². The van der Waals surface area contributed by atoms with Gasteiger partial charge in [0.1, 0.15) is 0 Å². The van der Waals surface area contributed by atoms with Crippen LogP contribution in [-0.4, -0.2) is 19.1 Å². The lowest BCUT2D eigenvalue weighted by molar-refractivity contribution is 0.262. The van der Waals surface area contributed by atoms with Crippen LogP contribution in [-0.2, 0) is 0 Å². The molecule has 0 spiro atoms. The minimum absolute atomic E-state index is 0.222. The Morgan fingerprint density at radius 2 is 1.46 bits per heavy atom. The van der Waals surface area contributed by atoms with Crippen LogP contribution < -0.4 is 15.5 Å². The van der Waals surface area contributed by atoms with Gasteiger partial charge in [0, 0.05) is 30.2 Å². The highest BCUT2D eigenvalue weighted by Gasteiger charge is 2.09. The van der Waals surface area contributed by atoms with E-state index in [-0.39, 0.29) is 6.03 Å². The van der Waals surface area contributed by atoms with Gasteiger partial charge in [0.05, 0.1) is 0 Å². The minimum atomic E-state index is -0.222. The number of nitrogens with zero attached hydrogens (tertiary/aromatic N) is 1. The summed E-state index contributed by atoms with van der Waals surface area (Å²) in [6.07, 6.45) is 0. The average molecular weight is 325 g/mol. The molecule has 0 aliphatic heterocycles. The minimum Gasteiger partial charge on any atom is -0.372 e. The zero-order chi connectivity index (χ0) is 17.7. The lowest BCUT2D eigenvalue weighted by Gasteiger charge is -2.21. The summed E-state index contributed by atoms with van der Waals surface area (Å²) < 4.78 is 0. The lowest BCUT2D eigenvalue weighted by Crippen LogP contribution is -2.22. The number of rotatable bonds is 5. The molecule has 0 unspecified atom stereocenters. The van der Waals surface area contributed by atoms with Crippen LogP contribution in [0.25, 0.3) is 0 Å². The number of carbonyl (C=O) groups is 1. The number of amides is 2. The van der Waals surface area contributed by atoms with E-state index in [9.17, 15) is 4.79 Å². The predicted octanol–water partition coefficient (Wildman–Crippen LogP) is 5.10. The molecule has 0 fully saturated rings. The second-order valence-corrected chi connectivity index (χ2v) is 6.07. The molecular formula is C20H27N3O. The van der Waals surface area contributed by atoms with E-state index in [1.807, 2.05) is 38.1 Å². The lowest BCUT2D eigenvalue weighted by atomic mass is 10.1. The SMILES string of the molecule is CCN(CC)c1ccc(NC(=O)Nc2c(C)cc(C)cc2C)cc1. The second kappa shape index (κ2) is 7.86. The van der Waals surface area contributed by atoms with E-state index in [1.54, 1.807) is 0 Å². The number of nitrogens with one attached hydrogen (secondary N) is 2. The van der Waals surface area contributed by atoms with Gasteiger partial charge < -0.3 is 15.5 Å². The van der Waals surface area contributed by atoms with Crippen molar-refractivity contribution >= 4 is 23.1 Å². The predicted molar refractivity (Wildman–Crippen MR) is 103 cm³/mol. The van der Waals surface area contributed by atoms with E-state index >= 15 is 0 Å². The van der Waals surface area contributed by atoms with E-state index in [4.69, 9.17) is 0 Å². The Hall–Kier alpha value is -2.49. The highest BCUT2D eigenvalue weighted by molar-refractivity contribution is 6.00. The summed E-state index contributed by atoms with van der Waals surface area (Å²) in [4.78, 5) is 14.5. The van der Waals surface area contributed by atoms with Crippen molar-refractivity contribution in [3.8, 4) is 0 Å². The fourth-order valence-electron chi connectivity index (χ4n) is 3.00. The molecular weight excluding hydrogens is 298 g/mol. The zero-order valence-electron chi connectivity index (χ0n) is 15.2. The number of benzene rings is 2. The van der Waals surface area contributed by atoms with Crippen LogP contribution in [0.2, 0.25) is 0 Å². The van der Waals surface area contributed by atoms with Crippen LogP contribution >= 0.6 is 0 Å². The molecule has 4 nitrogen and oxygen atoms in total. The molecule has 0 aliphatic carbocycles. The van der Waals surface area contributed by atoms with Gasteiger partial charge in [0.25, 0.3) is 0 Å². The van der Waals surface area contributed by atoms with Gasteiger partial charge in [-0.15, -0.1) is 0 Å². The van der Waals surface area contributed by atoms with Crippen LogP contribution in [0.15, 0.2) is 36.4 Å². The summed E-state index contributed by atoms with van der Waals surface area (Å²) >= 11 is 0. The Balaban J connectivity index is 2.05. The number of urea groups is 1. The molecule has 0 saturated heterocycles.